The predicted molar refractivity (Wildman–Crippen MR) is 91.9 cm³/mol. The van der Waals surface area contributed by atoms with Crippen LogP contribution in [0.4, 0.5) is 0 Å². The average molecular weight is 346 g/mol. The van der Waals surface area contributed by atoms with Gasteiger partial charge in [0.15, 0.2) is 5.69 Å². The summed E-state index contributed by atoms with van der Waals surface area (Å²) in [7, 11) is 2.09. The molecule has 0 saturated carbocycles. The van der Waals surface area contributed by atoms with Gasteiger partial charge in [0.25, 0.3) is 5.91 Å². The van der Waals surface area contributed by atoms with Gasteiger partial charge in [0.1, 0.15) is 5.01 Å². The Morgan fingerprint density at radius 1 is 1.29 bits per heavy atom. The number of piperazine rings is 1. The monoisotopic (exact) mass is 346 g/mol. The SMILES string of the molecule is CN1CCN(C(=O)c2n[nH]c3c2CN(Cc2nccs2)CC3)CC1. The summed E-state index contributed by atoms with van der Waals surface area (Å²) < 4.78 is 0. The Balaban J connectivity index is 1.49. The number of rotatable bonds is 3. The Kier molecular flexibility index (Phi) is 4.34. The highest BCUT2D eigenvalue weighted by Gasteiger charge is 2.29. The number of carbonyl (C=O) groups excluding carboxylic acids is 1. The molecule has 24 heavy (non-hydrogen) atoms. The Labute approximate surface area is 145 Å². The molecule has 1 N–H and O–H groups in total. The highest BCUT2D eigenvalue weighted by Crippen LogP contribution is 2.23. The summed E-state index contributed by atoms with van der Waals surface area (Å²) in [6, 6.07) is 0. The lowest BCUT2D eigenvalue weighted by atomic mass is 10.0. The van der Waals surface area contributed by atoms with Crippen molar-refractivity contribution in [2.45, 2.75) is 19.5 Å². The van der Waals surface area contributed by atoms with Crippen molar-refractivity contribution >= 4 is 17.2 Å². The molecule has 0 bridgehead atoms. The number of nitrogens with zero attached hydrogens (tertiary/aromatic N) is 5. The minimum absolute atomic E-state index is 0.0664. The first kappa shape index (κ1) is 15.7. The van der Waals surface area contributed by atoms with E-state index < -0.39 is 0 Å². The number of carbonyl (C=O) groups is 1. The van der Waals surface area contributed by atoms with Crippen LogP contribution in [0.1, 0.15) is 26.8 Å². The summed E-state index contributed by atoms with van der Waals surface area (Å²) in [5, 5.41) is 10.6. The summed E-state index contributed by atoms with van der Waals surface area (Å²) in [4.78, 5) is 23.7. The average Bonchev–Trinajstić information content (AvgIpc) is 3.24. The van der Waals surface area contributed by atoms with Gasteiger partial charge in [-0.2, -0.15) is 5.10 Å². The maximum absolute atomic E-state index is 12.9. The smallest absolute Gasteiger partial charge is 0.274 e. The maximum atomic E-state index is 12.9. The van der Waals surface area contributed by atoms with Crippen molar-refractivity contribution in [2.24, 2.45) is 0 Å². The third-order valence-electron chi connectivity index (χ3n) is 4.85. The number of hydrogen-bond acceptors (Lipinski definition) is 6. The van der Waals surface area contributed by atoms with Crippen molar-refractivity contribution in [3.05, 3.63) is 33.5 Å². The van der Waals surface area contributed by atoms with E-state index in [-0.39, 0.29) is 5.91 Å². The molecule has 2 aromatic heterocycles. The molecule has 0 aromatic carbocycles. The molecule has 1 amide bonds. The number of amides is 1. The van der Waals surface area contributed by atoms with Gasteiger partial charge < -0.3 is 9.80 Å². The van der Waals surface area contributed by atoms with Crippen molar-refractivity contribution < 1.29 is 4.79 Å². The van der Waals surface area contributed by atoms with Crippen LogP contribution < -0.4 is 0 Å². The van der Waals surface area contributed by atoms with Crippen molar-refractivity contribution in [3.8, 4) is 0 Å². The first-order valence-corrected chi connectivity index (χ1v) is 9.23. The largest absolute Gasteiger partial charge is 0.335 e. The molecular weight excluding hydrogens is 324 g/mol. The lowest BCUT2D eigenvalue weighted by molar-refractivity contribution is 0.0655. The molecule has 1 fully saturated rings. The fourth-order valence-electron chi connectivity index (χ4n) is 3.34. The van der Waals surface area contributed by atoms with Gasteiger partial charge in [-0.25, -0.2) is 4.98 Å². The molecule has 128 valence electrons. The molecular formula is C16H22N6OS. The zero-order valence-corrected chi connectivity index (χ0v) is 14.7. The summed E-state index contributed by atoms with van der Waals surface area (Å²) in [5.74, 6) is 0.0664. The maximum Gasteiger partial charge on any atom is 0.274 e. The first-order chi connectivity index (χ1) is 11.7. The number of H-pyrrole nitrogens is 1. The molecule has 2 aromatic rings. The number of likely N-dealkylation sites (N-methyl/N-ethyl adjacent to an activating group) is 1. The van der Waals surface area contributed by atoms with Crippen molar-refractivity contribution in [1.29, 1.82) is 0 Å². The highest BCUT2D eigenvalue weighted by atomic mass is 32.1. The van der Waals surface area contributed by atoms with Gasteiger partial charge in [0.05, 0.1) is 6.54 Å². The van der Waals surface area contributed by atoms with Gasteiger partial charge in [-0.1, -0.05) is 0 Å². The molecule has 4 rings (SSSR count). The topological polar surface area (TPSA) is 68.4 Å². The summed E-state index contributed by atoms with van der Waals surface area (Å²) in [6.45, 7) is 5.98. The molecule has 0 unspecified atom stereocenters. The van der Waals surface area contributed by atoms with Crippen LogP contribution in [0, 0.1) is 0 Å². The van der Waals surface area contributed by atoms with E-state index in [1.54, 1.807) is 11.3 Å². The summed E-state index contributed by atoms with van der Waals surface area (Å²) in [6.07, 6.45) is 2.75. The minimum Gasteiger partial charge on any atom is -0.335 e. The van der Waals surface area contributed by atoms with Gasteiger partial charge in [0.2, 0.25) is 0 Å². The molecule has 0 radical (unpaired) electrons. The highest BCUT2D eigenvalue weighted by molar-refractivity contribution is 7.09. The predicted octanol–water partition coefficient (Wildman–Crippen LogP) is 0.812. The summed E-state index contributed by atoms with van der Waals surface area (Å²) >= 11 is 1.68. The number of thiazole rings is 1. The second kappa shape index (κ2) is 6.62. The van der Waals surface area contributed by atoms with Gasteiger partial charge in [-0.3, -0.25) is 14.8 Å². The number of aromatic amines is 1. The number of hydrogen-bond donors (Lipinski definition) is 1. The van der Waals surface area contributed by atoms with E-state index in [0.717, 1.165) is 68.5 Å². The van der Waals surface area contributed by atoms with E-state index >= 15 is 0 Å². The molecule has 4 heterocycles. The second-order valence-electron chi connectivity index (χ2n) is 6.51. The molecule has 0 aliphatic carbocycles. The van der Waals surface area contributed by atoms with Crippen molar-refractivity contribution in [1.82, 2.24) is 29.9 Å². The van der Waals surface area contributed by atoms with Crippen LogP contribution in [0.25, 0.3) is 0 Å². The van der Waals surface area contributed by atoms with Gasteiger partial charge >= 0.3 is 0 Å². The van der Waals surface area contributed by atoms with Crippen molar-refractivity contribution in [3.63, 3.8) is 0 Å². The lowest BCUT2D eigenvalue weighted by Gasteiger charge is -2.32. The van der Waals surface area contributed by atoms with Crippen LogP contribution in [0.5, 0.6) is 0 Å². The Hall–Kier alpha value is -1.77. The Morgan fingerprint density at radius 3 is 2.88 bits per heavy atom. The molecule has 7 nitrogen and oxygen atoms in total. The lowest BCUT2D eigenvalue weighted by Crippen LogP contribution is -2.47. The van der Waals surface area contributed by atoms with E-state index in [9.17, 15) is 4.79 Å². The van der Waals surface area contributed by atoms with Crippen molar-refractivity contribution in [2.75, 3.05) is 39.8 Å². The van der Waals surface area contributed by atoms with E-state index in [1.807, 2.05) is 16.5 Å². The van der Waals surface area contributed by atoms with Gasteiger partial charge in [0, 0.05) is 68.5 Å². The van der Waals surface area contributed by atoms with E-state index in [2.05, 4.69) is 32.0 Å². The van der Waals surface area contributed by atoms with Crippen LogP contribution in [0.15, 0.2) is 11.6 Å². The third-order valence-corrected chi connectivity index (χ3v) is 5.61. The Bertz CT molecular complexity index is 704. The van der Waals surface area contributed by atoms with Crippen LogP contribution in [0.2, 0.25) is 0 Å². The molecule has 2 aliphatic rings. The minimum atomic E-state index is 0.0664. The first-order valence-electron chi connectivity index (χ1n) is 8.35. The number of aromatic nitrogens is 3. The molecule has 2 aliphatic heterocycles. The fraction of sp³-hybridized carbons (Fsp3) is 0.562. The zero-order chi connectivity index (χ0) is 16.5. The fourth-order valence-corrected chi connectivity index (χ4v) is 4.00. The molecule has 0 atom stereocenters. The van der Waals surface area contributed by atoms with Gasteiger partial charge in [-0.15, -0.1) is 11.3 Å². The molecule has 8 heteroatoms. The van der Waals surface area contributed by atoms with Crippen LogP contribution >= 0.6 is 11.3 Å². The second-order valence-corrected chi connectivity index (χ2v) is 7.49. The van der Waals surface area contributed by atoms with Crippen LogP contribution in [-0.4, -0.2) is 75.6 Å². The summed E-state index contributed by atoms with van der Waals surface area (Å²) in [5.41, 5.74) is 2.79. The van der Waals surface area contributed by atoms with Crippen LogP contribution in [0.3, 0.4) is 0 Å². The third kappa shape index (κ3) is 3.09. The molecule has 1 saturated heterocycles. The number of nitrogens with one attached hydrogen (secondary N) is 1. The standard InChI is InChI=1S/C16H22N6OS/c1-20-5-7-22(8-6-20)16(23)15-12-10-21(4-2-13(12)18-19-15)11-14-17-3-9-24-14/h3,9H,2,4-8,10-11H2,1H3,(H,18,19). The van der Waals surface area contributed by atoms with Gasteiger partial charge in [-0.05, 0) is 7.05 Å². The van der Waals surface area contributed by atoms with Crippen LogP contribution in [-0.2, 0) is 19.5 Å². The number of fused-ring (bicyclic) bond motifs is 1. The molecule has 0 spiro atoms. The van der Waals surface area contributed by atoms with E-state index in [1.165, 1.54) is 0 Å². The quantitative estimate of drug-likeness (QED) is 0.891. The Morgan fingerprint density at radius 2 is 2.12 bits per heavy atom. The normalized spacial score (nSPS) is 19.5. The zero-order valence-electron chi connectivity index (χ0n) is 13.9. The van der Waals surface area contributed by atoms with E-state index in [0.29, 0.717) is 5.69 Å². The van der Waals surface area contributed by atoms with E-state index in [4.69, 9.17) is 0 Å².